The van der Waals surface area contributed by atoms with Crippen LogP contribution in [-0.4, -0.2) is 47.5 Å². The first-order valence-corrected chi connectivity index (χ1v) is 10.2. The van der Waals surface area contributed by atoms with E-state index in [1.807, 2.05) is 36.0 Å². The molecule has 2 aromatic carbocycles. The van der Waals surface area contributed by atoms with Crippen molar-refractivity contribution in [1.82, 2.24) is 4.90 Å². The van der Waals surface area contributed by atoms with Crippen molar-refractivity contribution in [2.75, 3.05) is 19.4 Å². The van der Waals surface area contributed by atoms with E-state index in [2.05, 4.69) is 0 Å². The smallest absolute Gasteiger partial charge is 0.261 e. The minimum Gasteiger partial charge on any atom is -0.400 e. The Morgan fingerprint density at radius 1 is 1.04 bits per heavy atom. The van der Waals surface area contributed by atoms with Crippen LogP contribution in [-0.2, 0) is 4.79 Å². The van der Waals surface area contributed by atoms with Crippen LogP contribution in [0.4, 0.5) is 0 Å². The van der Waals surface area contributed by atoms with E-state index in [-0.39, 0.29) is 18.4 Å². The Balaban J connectivity index is 0.00000109. The molecule has 0 saturated heterocycles. The van der Waals surface area contributed by atoms with E-state index in [9.17, 15) is 14.4 Å². The molecule has 1 aliphatic heterocycles. The normalized spacial score (nSPS) is 16.3. The molecule has 4 rings (SSSR count). The molecule has 0 bridgehead atoms. The van der Waals surface area contributed by atoms with Crippen LogP contribution in [0.15, 0.2) is 53.4 Å². The zero-order valence-corrected chi connectivity index (χ0v) is 16.5. The predicted molar refractivity (Wildman–Crippen MR) is 109 cm³/mol. The second-order valence-electron chi connectivity index (χ2n) is 6.83. The van der Waals surface area contributed by atoms with Gasteiger partial charge >= 0.3 is 0 Å². The summed E-state index contributed by atoms with van der Waals surface area (Å²) in [6.07, 6.45) is 3.48. The van der Waals surface area contributed by atoms with E-state index >= 15 is 0 Å². The summed E-state index contributed by atoms with van der Waals surface area (Å²) in [4.78, 5) is 39.0. The van der Waals surface area contributed by atoms with E-state index in [0.717, 1.165) is 30.6 Å². The van der Waals surface area contributed by atoms with Gasteiger partial charge < -0.3 is 9.90 Å². The number of imide groups is 1. The molecule has 146 valence electrons. The van der Waals surface area contributed by atoms with Gasteiger partial charge in [-0.2, -0.15) is 0 Å². The lowest BCUT2D eigenvalue weighted by atomic mass is 10.00. The summed E-state index contributed by atoms with van der Waals surface area (Å²) in [6.45, 7) is 0.0738. The number of aldehydes is 1. The van der Waals surface area contributed by atoms with Gasteiger partial charge in [-0.15, -0.1) is 11.8 Å². The molecule has 1 heterocycles. The Kier molecular flexibility index (Phi) is 6.65. The van der Waals surface area contributed by atoms with Crippen molar-refractivity contribution in [3.8, 4) is 0 Å². The van der Waals surface area contributed by atoms with Gasteiger partial charge in [-0.3, -0.25) is 14.5 Å². The van der Waals surface area contributed by atoms with E-state index in [4.69, 9.17) is 5.11 Å². The number of carbonyl (C=O) groups is 3. The summed E-state index contributed by atoms with van der Waals surface area (Å²) in [7, 11) is 1.00. The van der Waals surface area contributed by atoms with Gasteiger partial charge in [0.05, 0.1) is 17.0 Å². The summed E-state index contributed by atoms with van der Waals surface area (Å²) in [5.41, 5.74) is 1.65. The standard InChI is InChI=1S/C21H19NO3S.CH4O/c23-12-16(15-7-9-17(10-8-15)26-13-14-5-6-14)11-22-20(24)18-3-1-2-4-19(18)21(22)25;1-2/h1-4,7-10,12,14,16H,5-6,11,13H2;2H,1H3. The molecule has 5 nitrogen and oxygen atoms in total. The molecule has 0 aromatic heterocycles. The van der Waals surface area contributed by atoms with Crippen LogP contribution in [0.5, 0.6) is 0 Å². The molecule has 2 aromatic rings. The number of carbonyl (C=O) groups excluding carboxylic acids is 3. The number of fused-ring (bicyclic) bond motifs is 1. The van der Waals surface area contributed by atoms with Gasteiger partial charge in [0.15, 0.2) is 0 Å². The maximum Gasteiger partial charge on any atom is 0.261 e. The lowest BCUT2D eigenvalue weighted by Crippen LogP contribution is -2.34. The highest BCUT2D eigenvalue weighted by Gasteiger charge is 2.36. The van der Waals surface area contributed by atoms with Crippen molar-refractivity contribution in [2.45, 2.75) is 23.7 Å². The van der Waals surface area contributed by atoms with Crippen molar-refractivity contribution in [1.29, 1.82) is 0 Å². The Hall–Kier alpha value is -2.44. The molecule has 6 heteroatoms. The first kappa shape index (κ1) is 20.3. The van der Waals surface area contributed by atoms with Crippen molar-refractivity contribution in [3.05, 3.63) is 65.2 Å². The van der Waals surface area contributed by atoms with Crippen LogP contribution < -0.4 is 0 Å². The van der Waals surface area contributed by atoms with Crippen LogP contribution in [0.3, 0.4) is 0 Å². The first-order valence-electron chi connectivity index (χ1n) is 9.25. The summed E-state index contributed by atoms with van der Waals surface area (Å²) in [6, 6.07) is 14.7. The second kappa shape index (κ2) is 9.17. The third-order valence-corrected chi connectivity index (χ3v) is 6.16. The van der Waals surface area contributed by atoms with Crippen molar-refractivity contribution >= 4 is 29.9 Å². The van der Waals surface area contributed by atoms with Gasteiger partial charge in [-0.1, -0.05) is 24.3 Å². The van der Waals surface area contributed by atoms with Crippen LogP contribution in [0.2, 0.25) is 0 Å². The SMILES string of the molecule is CO.O=CC(CN1C(=O)c2ccccc2C1=O)c1ccc(SCC2CC2)cc1. The molecule has 28 heavy (non-hydrogen) atoms. The topological polar surface area (TPSA) is 74.7 Å². The molecule has 1 saturated carbocycles. The quantitative estimate of drug-likeness (QED) is 0.440. The minimum atomic E-state index is -0.514. The molecular formula is C22H23NO4S. The molecule has 1 aliphatic carbocycles. The number of nitrogens with zero attached hydrogens (tertiary/aromatic N) is 1. The highest BCUT2D eigenvalue weighted by molar-refractivity contribution is 7.99. The number of aliphatic hydroxyl groups excluding tert-OH is 1. The molecule has 2 amide bonds. The molecule has 0 spiro atoms. The van der Waals surface area contributed by atoms with E-state index < -0.39 is 5.92 Å². The summed E-state index contributed by atoms with van der Waals surface area (Å²) >= 11 is 1.84. The molecule has 1 N–H and O–H groups in total. The highest BCUT2D eigenvalue weighted by atomic mass is 32.2. The average Bonchev–Trinajstić information content (AvgIpc) is 3.55. The van der Waals surface area contributed by atoms with Crippen LogP contribution in [0, 0.1) is 5.92 Å². The monoisotopic (exact) mass is 397 g/mol. The largest absolute Gasteiger partial charge is 0.400 e. The van der Waals surface area contributed by atoms with Gasteiger partial charge in [0.2, 0.25) is 0 Å². The molecular weight excluding hydrogens is 374 g/mol. The van der Waals surface area contributed by atoms with Crippen molar-refractivity contribution in [2.24, 2.45) is 5.92 Å². The van der Waals surface area contributed by atoms with E-state index in [0.29, 0.717) is 11.1 Å². The highest BCUT2D eigenvalue weighted by Crippen LogP contribution is 2.35. The van der Waals surface area contributed by atoms with Gasteiger partial charge in [-0.25, -0.2) is 0 Å². The van der Waals surface area contributed by atoms with Gasteiger partial charge in [0.1, 0.15) is 6.29 Å². The zero-order chi connectivity index (χ0) is 20.1. The van der Waals surface area contributed by atoms with Crippen molar-refractivity contribution < 1.29 is 19.5 Å². The van der Waals surface area contributed by atoms with Gasteiger partial charge in [-0.05, 0) is 48.6 Å². The summed E-state index contributed by atoms with van der Waals surface area (Å²) in [5, 5.41) is 7.00. The fourth-order valence-electron chi connectivity index (χ4n) is 3.14. The third-order valence-electron chi connectivity index (χ3n) is 4.91. The number of aliphatic hydroxyl groups is 1. The maximum atomic E-state index is 12.5. The van der Waals surface area contributed by atoms with Crippen LogP contribution >= 0.6 is 11.8 Å². The van der Waals surface area contributed by atoms with Gasteiger partial charge in [0.25, 0.3) is 11.8 Å². The first-order chi connectivity index (χ1) is 13.7. The lowest BCUT2D eigenvalue weighted by Gasteiger charge is -2.19. The Labute approximate surface area is 168 Å². The average molecular weight is 397 g/mol. The van der Waals surface area contributed by atoms with Crippen molar-refractivity contribution in [3.63, 3.8) is 0 Å². The number of hydrogen-bond acceptors (Lipinski definition) is 5. The Morgan fingerprint density at radius 3 is 2.11 bits per heavy atom. The zero-order valence-electron chi connectivity index (χ0n) is 15.7. The second-order valence-corrected chi connectivity index (χ2v) is 7.93. The summed E-state index contributed by atoms with van der Waals surface area (Å²) in [5.74, 6) is 0.838. The fourth-order valence-corrected chi connectivity index (χ4v) is 4.23. The third kappa shape index (κ3) is 4.34. The number of hydrogen-bond donors (Lipinski definition) is 1. The van der Waals surface area contributed by atoms with Gasteiger partial charge in [0, 0.05) is 24.3 Å². The number of thioether (sulfide) groups is 1. The Bertz CT molecular complexity index is 826. The molecule has 0 radical (unpaired) electrons. The van der Waals surface area contributed by atoms with Crippen LogP contribution in [0.1, 0.15) is 45.0 Å². The minimum absolute atomic E-state index is 0.0738. The fraction of sp³-hybridized carbons (Fsp3) is 0.318. The predicted octanol–water partition coefficient (Wildman–Crippen LogP) is 3.38. The number of rotatable bonds is 7. The molecule has 1 atom stereocenters. The lowest BCUT2D eigenvalue weighted by molar-refractivity contribution is -0.109. The Morgan fingerprint density at radius 2 is 1.61 bits per heavy atom. The van der Waals surface area contributed by atoms with E-state index in [1.165, 1.54) is 22.6 Å². The number of benzene rings is 2. The number of amides is 2. The molecule has 1 unspecified atom stereocenters. The molecule has 2 aliphatic rings. The van der Waals surface area contributed by atoms with Crippen LogP contribution in [0.25, 0.3) is 0 Å². The maximum absolute atomic E-state index is 12.5. The molecule has 1 fully saturated rings. The summed E-state index contributed by atoms with van der Waals surface area (Å²) < 4.78 is 0. The van der Waals surface area contributed by atoms with E-state index in [1.54, 1.807) is 24.3 Å².